The van der Waals surface area contributed by atoms with E-state index in [4.69, 9.17) is 8.92 Å². The molecule has 0 spiro atoms. The first-order valence-corrected chi connectivity index (χ1v) is 11.3. The van der Waals surface area contributed by atoms with E-state index in [1.165, 1.54) is 12.0 Å². The van der Waals surface area contributed by atoms with Gasteiger partial charge in [-0.05, 0) is 60.2 Å². The Kier molecular flexibility index (Phi) is 6.37. The number of benzene rings is 2. The van der Waals surface area contributed by atoms with E-state index in [1.807, 2.05) is 60.7 Å². The third-order valence-electron chi connectivity index (χ3n) is 5.21. The predicted octanol–water partition coefficient (Wildman–Crippen LogP) is 4.86. The number of anilines is 3. The highest BCUT2D eigenvalue weighted by molar-refractivity contribution is 7.94. The minimum Gasteiger partial charge on any atom is -0.482 e. The van der Waals surface area contributed by atoms with Crippen molar-refractivity contribution in [1.82, 2.24) is 15.0 Å². The summed E-state index contributed by atoms with van der Waals surface area (Å²) in [5, 5.41) is 3.24. The van der Waals surface area contributed by atoms with Crippen LogP contribution in [0.3, 0.4) is 0 Å². The first-order chi connectivity index (χ1) is 16.7. The van der Waals surface area contributed by atoms with Gasteiger partial charge in [-0.1, -0.05) is 6.07 Å². The van der Waals surface area contributed by atoms with Crippen LogP contribution in [0.4, 0.5) is 17.3 Å². The largest absolute Gasteiger partial charge is 0.482 e. The maximum atomic E-state index is 12.7. The lowest BCUT2D eigenvalue weighted by Gasteiger charge is -2.30. The summed E-state index contributed by atoms with van der Waals surface area (Å²) in [5.41, 5.74) is 4.13. The number of fused-ring (bicyclic) bond motifs is 1. The van der Waals surface area contributed by atoms with Crippen molar-refractivity contribution in [3.05, 3.63) is 84.8 Å². The third kappa shape index (κ3) is 4.85. The number of hydrogen-bond donors (Lipinski definition) is 1. The minimum atomic E-state index is -0.0969. The van der Waals surface area contributed by atoms with Gasteiger partial charge >= 0.3 is 0 Å². The molecule has 1 N–H and O–H groups in total. The molecule has 0 fully saturated rings. The summed E-state index contributed by atoms with van der Waals surface area (Å²) in [5.74, 6) is 1.04. The summed E-state index contributed by atoms with van der Waals surface area (Å²) >= 11 is 1.29. The number of aromatic nitrogens is 3. The SMILES string of the molecule is COSc1cccc(Nc2nccc(-c3ccc4c(c3)N(Cc3ccncc3)C(=O)CO4)n2)c1. The molecule has 0 saturated carbocycles. The Morgan fingerprint density at radius 1 is 1.09 bits per heavy atom. The Balaban J connectivity index is 1.43. The van der Waals surface area contributed by atoms with Crippen LogP contribution in [0.2, 0.25) is 0 Å². The third-order valence-corrected chi connectivity index (χ3v) is 5.83. The van der Waals surface area contributed by atoms with Gasteiger partial charge in [0.2, 0.25) is 5.95 Å². The van der Waals surface area contributed by atoms with E-state index in [0.717, 1.165) is 27.4 Å². The van der Waals surface area contributed by atoms with Crippen molar-refractivity contribution in [3.8, 4) is 17.0 Å². The van der Waals surface area contributed by atoms with E-state index in [2.05, 4.69) is 20.3 Å². The number of nitrogens with zero attached hydrogens (tertiary/aromatic N) is 4. The molecule has 5 rings (SSSR count). The number of amides is 1. The lowest BCUT2D eigenvalue weighted by Crippen LogP contribution is -2.38. The van der Waals surface area contributed by atoms with Crippen LogP contribution >= 0.6 is 12.0 Å². The van der Waals surface area contributed by atoms with Gasteiger partial charge in [-0.3, -0.25) is 9.78 Å². The summed E-state index contributed by atoms with van der Waals surface area (Å²) in [6.45, 7) is 0.451. The smallest absolute Gasteiger partial charge is 0.265 e. The van der Waals surface area contributed by atoms with Crippen molar-refractivity contribution in [3.63, 3.8) is 0 Å². The molecular formula is C25H21N5O3S. The van der Waals surface area contributed by atoms with Crippen LogP contribution in [0, 0.1) is 0 Å². The Labute approximate surface area is 201 Å². The molecule has 0 unspecified atom stereocenters. The van der Waals surface area contributed by atoms with Gasteiger partial charge in [-0.15, -0.1) is 0 Å². The van der Waals surface area contributed by atoms with E-state index in [1.54, 1.807) is 30.6 Å². The Hall–Kier alpha value is -3.95. The summed E-state index contributed by atoms with van der Waals surface area (Å²) in [6.07, 6.45) is 5.14. The summed E-state index contributed by atoms with van der Waals surface area (Å²) in [4.78, 5) is 28.5. The van der Waals surface area contributed by atoms with Crippen LogP contribution in [-0.2, 0) is 15.5 Å². The second-order valence-electron chi connectivity index (χ2n) is 7.47. The molecule has 1 aliphatic heterocycles. The summed E-state index contributed by atoms with van der Waals surface area (Å²) in [6, 6.07) is 19.2. The number of rotatable bonds is 7. The Morgan fingerprint density at radius 2 is 1.97 bits per heavy atom. The molecule has 34 heavy (non-hydrogen) atoms. The molecular weight excluding hydrogens is 450 g/mol. The van der Waals surface area contributed by atoms with E-state index in [0.29, 0.717) is 23.9 Å². The number of carbonyl (C=O) groups excluding carboxylic acids is 1. The lowest BCUT2D eigenvalue weighted by molar-refractivity contribution is -0.121. The van der Waals surface area contributed by atoms with Crippen molar-refractivity contribution >= 4 is 35.3 Å². The van der Waals surface area contributed by atoms with Gasteiger partial charge in [-0.25, -0.2) is 9.97 Å². The van der Waals surface area contributed by atoms with Gasteiger partial charge in [0, 0.05) is 46.8 Å². The Morgan fingerprint density at radius 3 is 2.82 bits per heavy atom. The molecule has 0 atom stereocenters. The number of ether oxygens (including phenoxy) is 1. The molecule has 9 heteroatoms. The normalized spacial score (nSPS) is 12.7. The topological polar surface area (TPSA) is 89.5 Å². The average Bonchev–Trinajstić information content (AvgIpc) is 2.87. The molecule has 1 aliphatic rings. The fraction of sp³-hybridized carbons (Fsp3) is 0.120. The average molecular weight is 472 g/mol. The highest BCUT2D eigenvalue weighted by atomic mass is 32.2. The van der Waals surface area contributed by atoms with Crippen LogP contribution in [0.15, 0.2) is 84.1 Å². The molecule has 8 nitrogen and oxygen atoms in total. The van der Waals surface area contributed by atoms with Crippen molar-refractivity contribution in [2.24, 2.45) is 0 Å². The van der Waals surface area contributed by atoms with Crippen LogP contribution in [0.5, 0.6) is 5.75 Å². The Bertz CT molecular complexity index is 1320. The molecule has 4 aromatic rings. The second kappa shape index (κ2) is 9.90. The van der Waals surface area contributed by atoms with Crippen molar-refractivity contribution < 1.29 is 13.7 Å². The fourth-order valence-corrected chi connectivity index (χ4v) is 4.14. The zero-order valence-corrected chi connectivity index (χ0v) is 19.2. The molecule has 1 amide bonds. The molecule has 0 bridgehead atoms. The van der Waals surface area contributed by atoms with E-state index < -0.39 is 0 Å². The maximum Gasteiger partial charge on any atom is 0.265 e. The maximum absolute atomic E-state index is 12.7. The number of nitrogens with one attached hydrogen (secondary N) is 1. The summed E-state index contributed by atoms with van der Waals surface area (Å²) in [7, 11) is 1.63. The second-order valence-corrected chi connectivity index (χ2v) is 8.45. The quantitative estimate of drug-likeness (QED) is 0.382. The molecule has 3 heterocycles. The standard InChI is InChI=1S/C25H21N5O3S/c1-32-34-20-4-2-3-19(14-20)28-25-27-12-9-21(29-25)18-5-6-23-22(13-18)30(24(31)16-33-23)15-17-7-10-26-11-8-17/h2-14H,15-16H2,1H3,(H,27,28,29). The molecule has 0 aliphatic carbocycles. The van der Waals surface area contributed by atoms with Gasteiger partial charge in [0.25, 0.3) is 5.91 Å². The lowest BCUT2D eigenvalue weighted by atomic mass is 10.1. The predicted molar refractivity (Wildman–Crippen MR) is 131 cm³/mol. The first-order valence-electron chi connectivity index (χ1n) is 10.6. The van der Waals surface area contributed by atoms with Gasteiger partial charge in [-0.2, -0.15) is 0 Å². The van der Waals surface area contributed by atoms with Crippen LogP contribution in [0.25, 0.3) is 11.3 Å². The van der Waals surface area contributed by atoms with Gasteiger partial charge < -0.3 is 19.1 Å². The number of carbonyl (C=O) groups is 1. The van der Waals surface area contributed by atoms with Gasteiger partial charge in [0.1, 0.15) is 5.75 Å². The molecule has 0 saturated heterocycles. The zero-order chi connectivity index (χ0) is 23.3. The molecule has 2 aromatic carbocycles. The van der Waals surface area contributed by atoms with Crippen molar-refractivity contribution in [1.29, 1.82) is 0 Å². The highest BCUT2D eigenvalue weighted by Gasteiger charge is 2.26. The molecule has 0 radical (unpaired) electrons. The van der Waals surface area contributed by atoms with Gasteiger partial charge in [0.05, 0.1) is 25.0 Å². The first kappa shape index (κ1) is 21.9. The van der Waals surface area contributed by atoms with Crippen molar-refractivity contribution in [2.75, 3.05) is 23.9 Å². The summed E-state index contributed by atoms with van der Waals surface area (Å²) < 4.78 is 10.8. The zero-order valence-electron chi connectivity index (χ0n) is 18.3. The molecule has 170 valence electrons. The van der Waals surface area contributed by atoms with Gasteiger partial charge in [0.15, 0.2) is 6.61 Å². The van der Waals surface area contributed by atoms with Crippen LogP contribution in [-0.4, -0.2) is 34.6 Å². The minimum absolute atomic E-state index is 0.0133. The van der Waals surface area contributed by atoms with E-state index >= 15 is 0 Å². The number of pyridine rings is 1. The van der Waals surface area contributed by atoms with Crippen LogP contribution < -0.4 is 15.0 Å². The van der Waals surface area contributed by atoms with E-state index in [9.17, 15) is 4.79 Å². The fourth-order valence-electron chi connectivity index (χ4n) is 3.64. The highest BCUT2D eigenvalue weighted by Crippen LogP contribution is 2.36. The monoisotopic (exact) mass is 471 g/mol. The van der Waals surface area contributed by atoms with Crippen molar-refractivity contribution in [2.45, 2.75) is 11.4 Å². The van der Waals surface area contributed by atoms with Crippen LogP contribution in [0.1, 0.15) is 5.56 Å². The number of hydrogen-bond acceptors (Lipinski definition) is 8. The molecule has 2 aromatic heterocycles. The van der Waals surface area contributed by atoms with E-state index in [-0.39, 0.29) is 12.5 Å².